The van der Waals surface area contributed by atoms with Crippen LogP contribution in [0, 0.1) is 30.4 Å². The molecule has 3 N–H and O–H groups in total. The van der Waals surface area contributed by atoms with Gasteiger partial charge in [-0.1, -0.05) is 44.7 Å². The molecule has 1 unspecified atom stereocenters. The highest BCUT2D eigenvalue weighted by atomic mass is 19.2. The molecule has 1 atom stereocenters. The molecule has 1 aliphatic carbocycles. The highest BCUT2D eigenvalue weighted by molar-refractivity contribution is 5.28. The van der Waals surface area contributed by atoms with E-state index in [9.17, 15) is 8.78 Å². The SMILES string of the molecule is CCCC1CCC(C(NN)c2ccc(C)c(F)c2F)CC1. The van der Waals surface area contributed by atoms with Crippen molar-refractivity contribution < 1.29 is 8.78 Å². The molecule has 4 heteroatoms. The van der Waals surface area contributed by atoms with Crippen LogP contribution >= 0.6 is 0 Å². The van der Waals surface area contributed by atoms with E-state index in [-0.39, 0.29) is 12.0 Å². The molecule has 21 heavy (non-hydrogen) atoms. The molecule has 0 aromatic heterocycles. The van der Waals surface area contributed by atoms with Gasteiger partial charge < -0.3 is 0 Å². The Labute approximate surface area is 126 Å². The fourth-order valence-electron chi connectivity index (χ4n) is 3.60. The molecule has 1 aliphatic rings. The van der Waals surface area contributed by atoms with Gasteiger partial charge in [-0.05, 0) is 37.2 Å². The molecule has 0 heterocycles. The number of nitrogens with two attached hydrogens (primary N) is 1. The van der Waals surface area contributed by atoms with E-state index in [4.69, 9.17) is 5.84 Å². The van der Waals surface area contributed by atoms with Crippen molar-refractivity contribution in [1.29, 1.82) is 0 Å². The van der Waals surface area contributed by atoms with Crippen LogP contribution in [-0.2, 0) is 0 Å². The summed E-state index contributed by atoms with van der Waals surface area (Å²) in [5.41, 5.74) is 3.41. The van der Waals surface area contributed by atoms with E-state index >= 15 is 0 Å². The Morgan fingerprint density at radius 1 is 1.19 bits per heavy atom. The molecule has 1 fully saturated rings. The molecule has 0 aliphatic heterocycles. The van der Waals surface area contributed by atoms with Crippen molar-refractivity contribution in [3.63, 3.8) is 0 Å². The summed E-state index contributed by atoms with van der Waals surface area (Å²) in [5, 5.41) is 0. The number of aryl methyl sites for hydroxylation is 1. The second-order valence-corrected chi connectivity index (χ2v) is 6.31. The monoisotopic (exact) mass is 296 g/mol. The van der Waals surface area contributed by atoms with Gasteiger partial charge in [-0.3, -0.25) is 11.3 Å². The highest BCUT2D eigenvalue weighted by Gasteiger charge is 2.30. The third-order valence-electron chi connectivity index (χ3n) is 4.88. The largest absolute Gasteiger partial charge is 0.271 e. The lowest BCUT2D eigenvalue weighted by Crippen LogP contribution is -2.36. The van der Waals surface area contributed by atoms with Gasteiger partial charge in [-0.15, -0.1) is 0 Å². The number of hydrazine groups is 1. The summed E-state index contributed by atoms with van der Waals surface area (Å²) in [6, 6.07) is 2.99. The summed E-state index contributed by atoms with van der Waals surface area (Å²) in [6.45, 7) is 3.78. The fraction of sp³-hybridized carbons (Fsp3) is 0.647. The van der Waals surface area contributed by atoms with Gasteiger partial charge in [0.15, 0.2) is 11.6 Å². The number of hydrogen-bond donors (Lipinski definition) is 2. The van der Waals surface area contributed by atoms with Gasteiger partial charge in [-0.2, -0.15) is 0 Å². The zero-order chi connectivity index (χ0) is 15.4. The lowest BCUT2D eigenvalue weighted by atomic mass is 9.75. The van der Waals surface area contributed by atoms with E-state index in [0.717, 1.165) is 31.6 Å². The van der Waals surface area contributed by atoms with Crippen LogP contribution in [0.5, 0.6) is 0 Å². The summed E-state index contributed by atoms with van der Waals surface area (Å²) >= 11 is 0. The molecule has 2 nitrogen and oxygen atoms in total. The molecule has 1 aromatic rings. The van der Waals surface area contributed by atoms with Gasteiger partial charge in [-0.25, -0.2) is 8.78 Å². The third kappa shape index (κ3) is 3.61. The maximum Gasteiger partial charge on any atom is 0.163 e. The molecule has 0 radical (unpaired) electrons. The molecule has 118 valence electrons. The molecule has 0 amide bonds. The van der Waals surface area contributed by atoms with Crippen LogP contribution < -0.4 is 11.3 Å². The van der Waals surface area contributed by atoms with Gasteiger partial charge >= 0.3 is 0 Å². The first-order chi connectivity index (χ1) is 10.1. The first-order valence-electron chi connectivity index (χ1n) is 7.99. The Hall–Kier alpha value is -1.00. The van der Waals surface area contributed by atoms with Crippen LogP contribution in [0.1, 0.15) is 62.6 Å². The number of nitrogens with one attached hydrogen (secondary N) is 1. The van der Waals surface area contributed by atoms with Crippen molar-refractivity contribution in [2.24, 2.45) is 17.7 Å². The van der Waals surface area contributed by atoms with Gasteiger partial charge in [0, 0.05) is 5.56 Å². The van der Waals surface area contributed by atoms with Crippen LogP contribution in [0.2, 0.25) is 0 Å². The first-order valence-corrected chi connectivity index (χ1v) is 7.99. The fourth-order valence-corrected chi connectivity index (χ4v) is 3.60. The molecule has 1 aromatic carbocycles. The van der Waals surface area contributed by atoms with Crippen molar-refractivity contribution in [2.75, 3.05) is 0 Å². The van der Waals surface area contributed by atoms with Crippen molar-refractivity contribution >= 4 is 0 Å². The number of halogens is 2. The quantitative estimate of drug-likeness (QED) is 0.625. The number of rotatable bonds is 5. The average molecular weight is 296 g/mol. The summed E-state index contributed by atoms with van der Waals surface area (Å²) in [4.78, 5) is 0. The van der Waals surface area contributed by atoms with E-state index in [1.807, 2.05) is 0 Å². The average Bonchev–Trinajstić information content (AvgIpc) is 2.50. The summed E-state index contributed by atoms with van der Waals surface area (Å²) in [7, 11) is 0. The maximum atomic E-state index is 14.2. The van der Waals surface area contributed by atoms with Gasteiger partial charge in [0.25, 0.3) is 0 Å². The van der Waals surface area contributed by atoms with Gasteiger partial charge in [0.05, 0.1) is 6.04 Å². The lowest BCUT2D eigenvalue weighted by Gasteiger charge is -2.34. The van der Waals surface area contributed by atoms with Crippen molar-refractivity contribution in [3.8, 4) is 0 Å². The Kier molecular flexibility index (Phi) is 5.71. The minimum absolute atomic E-state index is 0.278. The van der Waals surface area contributed by atoms with Gasteiger partial charge in [0.2, 0.25) is 0 Å². The van der Waals surface area contributed by atoms with E-state index in [1.165, 1.54) is 12.8 Å². The zero-order valence-electron chi connectivity index (χ0n) is 13.0. The van der Waals surface area contributed by atoms with Crippen molar-refractivity contribution in [3.05, 3.63) is 34.9 Å². The maximum absolute atomic E-state index is 14.2. The minimum atomic E-state index is -0.757. The molecule has 0 saturated heterocycles. The van der Waals surface area contributed by atoms with E-state index < -0.39 is 11.6 Å². The Morgan fingerprint density at radius 3 is 2.43 bits per heavy atom. The molecule has 0 spiro atoms. The lowest BCUT2D eigenvalue weighted by molar-refractivity contribution is 0.212. The van der Waals surface area contributed by atoms with Crippen molar-refractivity contribution in [1.82, 2.24) is 5.43 Å². The van der Waals surface area contributed by atoms with Crippen LogP contribution in [0.3, 0.4) is 0 Å². The molecule has 0 bridgehead atoms. The normalized spacial score (nSPS) is 24.0. The van der Waals surface area contributed by atoms with E-state index in [2.05, 4.69) is 12.3 Å². The van der Waals surface area contributed by atoms with E-state index in [0.29, 0.717) is 11.1 Å². The van der Waals surface area contributed by atoms with E-state index in [1.54, 1.807) is 19.1 Å². The van der Waals surface area contributed by atoms with Crippen LogP contribution in [0.25, 0.3) is 0 Å². The van der Waals surface area contributed by atoms with Crippen molar-refractivity contribution in [2.45, 2.75) is 58.4 Å². The Bertz CT molecular complexity index is 468. The van der Waals surface area contributed by atoms with Crippen LogP contribution in [-0.4, -0.2) is 0 Å². The zero-order valence-corrected chi connectivity index (χ0v) is 13.0. The molecular formula is C17H26F2N2. The predicted octanol–water partition coefficient (Wildman–Crippen LogP) is 4.38. The number of hydrogen-bond acceptors (Lipinski definition) is 2. The van der Waals surface area contributed by atoms with Crippen LogP contribution in [0.4, 0.5) is 8.78 Å². The minimum Gasteiger partial charge on any atom is -0.271 e. The second kappa shape index (κ2) is 7.32. The smallest absolute Gasteiger partial charge is 0.163 e. The molecule has 2 rings (SSSR count). The second-order valence-electron chi connectivity index (χ2n) is 6.31. The summed E-state index contributed by atoms with van der Waals surface area (Å²) in [6.07, 6.45) is 6.84. The van der Waals surface area contributed by atoms with Gasteiger partial charge in [0.1, 0.15) is 0 Å². The standard InChI is InChI=1S/C17H26F2N2/c1-3-4-12-6-8-13(9-7-12)17(21-20)14-10-5-11(2)15(18)16(14)19/h5,10,12-13,17,21H,3-4,6-9,20H2,1-2H3. The molecular weight excluding hydrogens is 270 g/mol. The summed E-state index contributed by atoms with van der Waals surface area (Å²) in [5.74, 6) is 5.19. The Morgan fingerprint density at radius 2 is 1.86 bits per heavy atom. The van der Waals surface area contributed by atoms with Crippen LogP contribution in [0.15, 0.2) is 12.1 Å². The number of benzene rings is 1. The third-order valence-corrected chi connectivity index (χ3v) is 4.88. The molecule has 1 saturated carbocycles. The Balaban J connectivity index is 2.12. The summed E-state index contributed by atoms with van der Waals surface area (Å²) < 4.78 is 28.0. The first kappa shape index (κ1) is 16.4. The predicted molar refractivity (Wildman–Crippen MR) is 81.5 cm³/mol. The highest BCUT2D eigenvalue weighted by Crippen LogP contribution is 2.39. The topological polar surface area (TPSA) is 38.0 Å².